The van der Waals surface area contributed by atoms with E-state index in [0.29, 0.717) is 6.54 Å². The highest BCUT2D eigenvalue weighted by molar-refractivity contribution is 5.96. The molecule has 2 aromatic rings. The Morgan fingerprint density at radius 3 is 2.84 bits per heavy atom. The standard InChI is InChI=1S/C12H13N5O2/c13-11-10(15-19-16-11)12(18)17(9-4-5-9)7-8-3-1-2-6-14-8/h1-3,6,9H,4-5,7H2,(H2,13,16). The van der Waals surface area contributed by atoms with E-state index < -0.39 is 0 Å². The molecule has 3 rings (SSSR count). The first-order chi connectivity index (χ1) is 9.25. The van der Waals surface area contributed by atoms with Crippen molar-refractivity contribution in [3.8, 4) is 0 Å². The van der Waals surface area contributed by atoms with Crippen molar-refractivity contribution in [1.29, 1.82) is 0 Å². The average Bonchev–Trinajstić information content (AvgIpc) is 3.18. The monoisotopic (exact) mass is 259 g/mol. The Balaban J connectivity index is 1.82. The molecule has 0 aliphatic heterocycles. The Hall–Kier alpha value is -2.44. The van der Waals surface area contributed by atoms with Gasteiger partial charge in [0.1, 0.15) is 0 Å². The van der Waals surface area contributed by atoms with E-state index in [9.17, 15) is 4.79 Å². The number of nitrogens with two attached hydrogens (primary N) is 1. The number of nitrogen functional groups attached to an aromatic ring is 1. The molecule has 7 nitrogen and oxygen atoms in total. The molecule has 1 fully saturated rings. The largest absolute Gasteiger partial charge is 0.379 e. The lowest BCUT2D eigenvalue weighted by atomic mass is 10.3. The Morgan fingerprint density at radius 2 is 2.26 bits per heavy atom. The average molecular weight is 259 g/mol. The van der Waals surface area contributed by atoms with Gasteiger partial charge in [0.15, 0.2) is 0 Å². The fourth-order valence-electron chi connectivity index (χ4n) is 1.90. The summed E-state index contributed by atoms with van der Waals surface area (Å²) in [6, 6.07) is 5.84. The number of carbonyl (C=O) groups excluding carboxylic acids is 1. The fraction of sp³-hybridized carbons (Fsp3) is 0.333. The molecule has 0 radical (unpaired) electrons. The maximum Gasteiger partial charge on any atom is 0.280 e. The van der Waals surface area contributed by atoms with Gasteiger partial charge in [-0.25, -0.2) is 4.63 Å². The summed E-state index contributed by atoms with van der Waals surface area (Å²) in [5.41, 5.74) is 6.47. The molecule has 0 aromatic carbocycles. The third kappa shape index (κ3) is 2.40. The van der Waals surface area contributed by atoms with Gasteiger partial charge in [0.05, 0.1) is 12.2 Å². The maximum absolute atomic E-state index is 12.4. The molecular formula is C12H13N5O2. The summed E-state index contributed by atoms with van der Waals surface area (Å²) in [5.74, 6) is -0.233. The van der Waals surface area contributed by atoms with Gasteiger partial charge in [-0.1, -0.05) is 6.07 Å². The van der Waals surface area contributed by atoms with Crippen molar-refractivity contribution in [2.75, 3.05) is 5.73 Å². The van der Waals surface area contributed by atoms with E-state index in [-0.39, 0.29) is 23.5 Å². The van der Waals surface area contributed by atoms with E-state index in [1.54, 1.807) is 11.1 Å². The zero-order valence-electron chi connectivity index (χ0n) is 10.2. The van der Waals surface area contributed by atoms with Crippen LogP contribution in [0.25, 0.3) is 0 Å². The summed E-state index contributed by atoms with van der Waals surface area (Å²) in [5, 5.41) is 7.00. The second kappa shape index (κ2) is 4.68. The van der Waals surface area contributed by atoms with Crippen LogP contribution >= 0.6 is 0 Å². The Kier molecular flexibility index (Phi) is 2.86. The first kappa shape index (κ1) is 11.6. The number of pyridine rings is 1. The van der Waals surface area contributed by atoms with E-state index in [1.807, 2.05) is 18.2 Å². The molecule has 1 aliphatic rings. The van der Waals surface area contributed by atoms with Crippen LogP contribution in [0.15, 0.2) is 29.0 Å². The van der Waals surface area contributed by atoms with Gasteiger partial charge >= 0.3 is 0 Å². The molecule has 0 unspecified atom stereocenters. The van der Waals surface area contributed by atoms with Crippen molar-refractivity contribution >= 4 is 11.7 Å². The second-order valence-corrected chi connectivity index (χ2v) is 4.48. The van der Waals surface area contributed by atoms with Crippen LogP contribution in [0.4, 0.5) is 5.82 Å². The highest BCUT2D eigenvalue weighted by Crippen LogP contribution is 2.29. The van der Waals surface area contributed by atoms with Crippen molar-refractivity contribution in [3.63, 3.8) is 0 Å². The van der Waals surface area contributed by atoms with Crippen molar-refractivity contribution in [2.45, 2.75) is 25.4 Å². The first-order valence-corrected chi connectivity index (χ1v) is 6.04. The molecule has 2 heterocycles. The minimum absolute atomic E-state index is 0.0247. The number of hydrogen-bond acceptors (Lipinski definition) is 6. The highest BCUT2D eigenvalue weighted by atomic mass is 16.6. The van der Waals surface area contributed by atoms with Crippen LogP contribution in [0.1, 0.15) is 29.0 Å². The summed E-state index contributed by atoms with van der Waals surface area (Å²) in [7, 11) is 0. The smallest absolute Gasteiger partial charge is 0.280 e. The SMILES string of the molecule is Nc1nonc1C(=O)N(Cc1ccccn1)C1CC1. The van der Waals surface area contributed by atoms with Gasteiger partial charge in [0.25, 0.3) is 5.91 Å². The van der Waals surface area contributed by atoms with Gasteiger partial charge < -0.3 is 10.6 Å². The number of hydrogen-bond donors (Lipinski definition) is 1. The normalized spacial score (nSPS) is 14.3. The van der Waals surface area contributed by atoms with Crippen LogP contribution in [0, 0.1) is 0 Å². The predicted molar refractivity (Wildman–Crippen MR) is 65.8 cm³/mol. The highest BCUT2D eigenvalue weighted by Gasteiger charge is 2.35. The van der Waals surface area contributed by atoms with Gasteiger partial charge in [0.2, 0.25) is 11.5 Å². The molecule has 0 spiro atoms. The zero-order chi connectivity index (χ0) is 13.2. The van der Waals surface area contributed by atoms with Crippen LogP contribution in [0.3, 0.4) is 0 Å². The molecule has 2 N–H and O–H groups in total. The molecule has 2 aromatic heterocycles. The lowest BCUT2D eigenvalue weighted by Crippen LogP contribution is -2.33. The van der Waals surface area contributed by atoms with E-state index >= 15 is 0 Å². The van der Waals surface area contributed by atoms with Crippen LogP contribution in [-0.2, 0) is 6.54 Å². The summed E-state index contributed by atoms with van der Waals surface area (Å²) in [6.07, 6.45) is 3.68. The van der Waals surface area contributed by atoms with Crippen molar-refractivity contribution in [1.82, 2.24) is 20.2 Å². The quantitative estimate of drug-likeness (QED) is 0.874. The van der Waals surface area contributed by atoms with Crippen molar-refractivity contribution in [2.24, 2.45) is 0 Å². The zero-order valence-corrected chi connectivity index (χ0v) is 10.2. The Labute approximate surface area is 109 Å². The molecule has 1 saturated carbocycles. The number of amides is 1. The summed E-state index contributed by atoms with van der Waals surface area (Å²) in [6.45, 7) is 0.441. The lowest BCUT2D eigenvalue weighted by molar-refractivity contribution is 0.0717. The Morgan fingerprint density at radius 1 is 1.42 bits per heavy atom. The van der Waals surface area contributed by atoms with Crippen LogP contribution in [-0.4, -0.2) is 32.1 Å². The minimum Gasteiger partial charge on any atom is -0.379 e. The number of rotatable bonds is 4. The molecule has 0 atom stereocenters. The van der Waals surface area contributed by atoms with Crippen LogP contribution < -0.4 is 5.73 Å². The molecule has 19 heavy (non-hydrogen) atoms. The van der Waals surface area contributed by atoms with Crippen molar-refractivity contribution in [3.05, 3.63) is 35.8 Å². The first-order valence-electron chi connectivity index (χ1n) is 6.04. The fourth-order valence-corrected chi connectivity index (χ4v) is 1.90. The van der Waals surface area contributed by atoms with E-state index in [1.165, 1.54) is 0 Å². The van der Waals surface area contributed by atoms with Gasteiger partial charge in [-0.2, -0.15) is 0 Å². The van der Waals surface area contributed by atoms with Gasteiger partial charge in [0, 0.05) is 12.2 Å². The molecular weight excluding hydrogens is 246 g/mol. The summed E-state index contributed by atoms with van der Waals surface area (Å²) in [4.78, 5) is 18.3. The number of anilines is 1. The van der Waals surface area contributed by atoms with E-state index in [4.69, 9.17) is 5.73 Å². The molecule has 0 bridgehead atoms. The number of nitrogens with zero attached hydrogens (tertiary/aromatic N) is 4. The van der Waals surface area contributed by atoms with E-state index in [2.05, 4.69) is 19.9 Å². The van der Waals surface area contributed by atoms with Crippen LogP contribution in [0.5, 0.6) is 0 Å². The van der Waals surface area contributed by atoms with Gasteiger partial charge in [-0.05, 0) is 35.3 Å². The maximum atomic E-state index is 12.4. The lowest BCUT2D eigenvalue weighted by Gasteiger charge is -2.20. The Bertz CT molecular complexity index is 579. The van der Waals surface area contributed by atoms with Gasteiger partial charge in [-0.3, -0.25) is 9.78 Å². The summed E-state index contributed by atoms with van der Waals surface area (Å²) < 4.78 is 4.48. The molecule has 1 aliphatic carbocycles. The van der Waals surface area contributed by atoms with Crippen LogP contribution in [0.2, 0.25) is 0 Å². The number of carbonyl (C=O) groups is 1. The molecule has 0 saturated heterocycles. The van der Waals surface area contributed by atoms with Gasteiger partial charge in [-0.15, -0.1) is 0 Å². The molecule has 98 valence electrons. The third-order valence-corrected chi connectivity index (χ3v) is 3.02. The summed E-state index contributed by atoms with van der Waals surface area (Å²) >= 11 is 0. The second-order valence-electron chi connectivity index (χ2n) is 4.48. The minimum atomic E-state index is -0.257. The number of aromatic nitrogens is 3. The third-order valence-electron chi connectivity index (χ3n) is 3.02. The topological polar surface area (TPSA) is 98.1 Å². The van der Waals surface area contributed by atoms with Crippen molar-refractivity contribution < 1.29 is 9.42 Å². The molecule has 7 heteroatoms. The predicted octanol–water partition coefficient (Wildman–Crippen LogP) is 0.852. The molecule has 1 amide bonds. The van der Waals surface area contributed by atoms with E-state index in [0.717, 1.165) is 18.5 Å².